The molecule has 0 radical (unpaired) electrons. The fourth-order valence-electron chi connectivity index (χ4n) is 4.41. The van der Waals surface area contributed by atoms with Gasteiger partial charge in [-0.25, -0.2) is 0 Å². The summed E-state index contributed by atoms with van der Waals surface area (Å²) >= 11 is 0. The lowest BCUT2D eigenvalue weighted by Crippen LogP contribution is -2.41. The summed E-state index contributed by atoms with van der Waals surface area (Å²) in [6.07, 6.45) is 5.72. The van der Waals surface area contributed by atoms with E-state index in [1.54, 1.807) is 0 Å². The Bertz CT molecular complexity index is 719. The number of nitrogens with zero attached hydrogens (tertiary/aromatic N) is 2. The smallest absolute Gasteiger partial charge is 0.238 e. The highest BCUT2D eigenvalue weighted by Gasteiger charge is 2.45. The zero-order chi connectivity index (χ0) is 18.1. The fraction of sp³-hybridized carbons (Fsp3) is 0.524. The van der Waals surface area contributed by atoms with E-state index < -0.39 is 0 Å². The SMILES string of the molecule is Cc1ccc(N2C(=O)C[C@@H]([C@@H]3CCCC=C3N3CCOCC3)C2=O)cc1. The lowest BCUT2D eigenvalue weighted by Gasteiger charge is -2.38. The Labute approximate surface area is 154 Å². The number of rotatable bonds is 3. The molecule has 2 fully saturated rings. The number of allylic oxidation sites excluding steroid dienone is 2. The maximum absolute atomic E-state index is 13.2. The minimum Gasteiger partial charge on any atom is -0.378 e. The van der Waals surface area contributed by atoms with E-state index >= 15 is 0 Å². The molecule has 0 saturated carbocycles. The van der Waals surface area contributed by atoms with Gasteiger partial charge in [-0.15, -0.1) is 0 Å². The average Bonchev–Trinajstić information content (AvgIpc) is 2.97. The minimum absolute atomic E-state index is 0.0371. The monoisotopic (exact) mass is 354 g/mol. The molecule has 0 spiro atoms. The molecule has 5 nitrogen and oxygen atoms in total. The summed E-state index contributed by atoms with van der Waals surface area (Å²) in [5, 5.41) is 0. The fourth-order valence-corrected chi connectivity index (χ4v) is 4.41. The van der Waals surface area contributed by atoms with Gasteiger partial charge in [0.05, 0.1) is 24.8 Å². The zero-order valence-corrected chi connectivity index (χ0v) is 15.3. The summed E-state index contributed by atoms with van der Waals surface area (Å²) in [5.41, 5.74) is 3.08. The third-order valence-corrected chi connectivity index (χ3v) is 5.79. The quantitative estimate of drug-likeness (QED) is 0.783. The Balaban J connectivity index is 1.57. The van der Waals surface area contributed by atoms with Crippen molar-refractivity contribution in [2.45, 2.75) is 32.6 Å². The van der Waals surface area contributed by atoms with Crippen LogP contribution in [0.15, 0.2) is 36.0 Å². The van der Waals surface area contributed by atoms with Gasteiger partial charge < -0.3 is 9.64 Å². The number of benzene rings is 1. The number of anilines is 1. The topological polar surface area (TPSA) is 49.9 Å². The molecule has 0 N–H and O–H groups in total. The first-order chi connectivity index (χ1) is 12.6. The first-order valence-electron chi connectivity index (χ1n) is 9.61. The summed E-state index contributed by atoms with van der Waals surface area (Å²) in [6.45, 7) is 5.22. The minimum atomic E-state index is -0.238. The van der Waals surface area contributed by atoms with E-state index in [4.69, 9.17) is 4.74 Å². The van der Waals surface area contributed by atoms with Gasteiger partial charge in [0.15, 0.2) is 0 Å². The second-order valence-electron chi connectivity index (χ2n) is 7.48. The number of carbonyl (C=O) groups is 2. The Morgan fingerprint density at radius 2 is 1.77 bits per heavy atom. The maximum Gasteiger partial charge on any atom is 0.238 e. The van der Waals surface area contributed by atoms with Crippen LogP contribution in [0, 0.1) is 18.8 Å². The van der Waals surface area contributed by atoms with Crippen LogP contribution in [0.2, 0.25) is 0 Å². The molecule has 138 valence electrons. The second-order valence-corrected chi connectivity index (χ2v) is 7.48. The van der Waals surface area contributed by atoms with Gasteiger partial charge in [-0.2, -0.15) is 0 Å². The molecule has 5 heteroatoms. The number of aryl methyl sites for hydroxylation is 1. The van der Waals surface area contributed by atoms with Gasteiger partial charge in [-0.05, 0) is 38.3 Å². The van der Waals surface area contributed by atoms with Crippen LogP contribution in [0.3, 0.4) is 0 Å². The van der Waals surface area contributed by atoms with Crippen molar-refractivity contribution in [3.63, 3.8) is 0 Å². The molecule has 0 aromatic heterocycles. The van der Waals surface area contributed by atoms with E-state index in [0.717, 1.165) is 51.1 Å². The first-order valence-corrected chi connectivity index (χ1v) is 9.61. The van der Waals surface area contributed by atoms with E-state index in [2.05, 4.69) is 11.0 Å². The normalized spacial score (nSPS) is 27.0. The molecule has 0 unspecified atom stereocenters. The molecule has 1 aromatic rings. The molecule has 2 saturated heterocycles. The third-order valence-electron chi connectivity index (χ3n) is 5.79. The number of hydrogen-bond donors (Lipinski definition) is 0. The Morgan fingerprint density at radius 1 is 1.04 bits per heavy atom. The molecule has 0 bridgehead atoms. The number of amides is 2. The highest BCUT2D eigenvalue weighted by atomic mass is 16.5. The zero-order valence-electron chi connectivity index (χ0n) is 15.3. The van der Waals surface area contributed by atoms with Crippen molar-refractivity contribution in [3.05, 3.63) is 41.6 Å². The Kier molecular flexibility index (Phi) is 4.81. The van der Waals surface area contributed by atoms with Gasteiger partial charge in [-0.1, -0.05) is 23.8 Å². The van der Waals surface area contributed by atoms with Crippen molar-refractivity contribution < 1.29 is 14.3 Å². The molecule has 2 amide bonds. The van der Waals surface area contributed by atoms with Gasteiger partial charge in [0.2, 0.25) is 11.8 Å². The molecule has 1 aliphatic carbocycles. The van der Waals surface area contributed by atoms with Crippen molar-refractivity contribution in [1.29, 1.82) is 0 Å². The lowest BCUT2D eigenvalue weighted by molar-refractivity contribution is -0.123. The molecule has 26 heavy (non-hydrogen) atoms. The molecule has 2 atom stereocenters. The van der Waals surface area contributed by atoms with E-state index in [0.29, 0.717) is 12.1 Å². The summed E-state index contributed by atoms with van der Waals surface area (Å²) in [4.78, 5) is 29.6. The van der Waals surface area contributed by atoms with Crippen LogP contribution in [0.4, 0.5) is 5.69 Å². The number of ether oxygens (including phenoxy) is 1. The number of carbonyl (C=O) groups excluding carboxylic acids is 2. The largest absolute Gasteiger partial charge is 0.378 e. The van der Waals surface area contributed by atoms with Crippen molar-refractivity contribution in [2.24, 2.45) is 11.8 Å². The maximum atomic E-state index is 13.2. The van der Waals surface area contributed by atoms with Gasteiger partial charge in [0.25, 0.3) is 0 Å². The first kappa shape index (κ1) is 17.3. The van der Waals surface area contributed by atoms with Crippen molar-refractivity contribution in [2.75, 3.05) is 31.2 Å². The summed E-state index contributed by atoms with van der Waals surface area (Å²) < 4.78 is 5.48. The Hall–Kier alpha value is -2.14. The van der Waals surface area contributed by atoms with Gasteiger partial charge in [0.1, 0.15) is 0 Å². The van der Waals surface area contributed by atoms with Crippen LogP contribution in [0.5, 0.6) is 0 Å². The van der Waals surface area contributed by atoms with E-state index in [9.17, 15) is 9.59 Å². The van der Waals surface area contributed by atoms with Crippen LogP contribution < -0.4 is 4.90 Å². The van der Waals surface area contributed by atoms with Crippen LogP contribution >= 0.6 is 0 Å². The molecular weight excluding hydrogens is 328 g/mol. The second kappa shape index (κ2) is 7.23. The molecule has 2 heterocycles. The van der Waals surface area contributed by atoms with Crippen molar-refractivity contribution in [1.82, 2.24) is 4.90 Å². The van der Waals surface area contributed by atoms with E-state index in [1.165, 1.54) is 10.6 Å². The van der Waals surface area contributed by atoms with Crippen molar-refractivity contribution >= 4 is 17.5 Å². The van der Waals surface area contributed by atoms with E-state index in [-0.39, 0.29) is 23.7 Å². The summed E-state index contributed by atoms with van der Waals surface area (Å²) in [7, 11) is 0. The van der Waals surface area contributed by atoms with Gasteiger partial charge in [0, 0.05) is 31.1 Å². The van der Waals surface area contributed by atoms with Gasteiger partial charge in [-0.3, -0.25) is 14.5 Å². The van der Waals surface area contributed by atoms with Crippen LogP contribution in [0.1, 0.15) is 31.2 Å². The van der Waals surface area contributed by atoms with Crippen LogP contribution in [-0.2, 0) is 14.3 Å². The molecule has 4 rings (SSSR count). The number of hydrogen-bond acceptors (Lipinski definition) is 4. The number of imide groups is 1. The molecular formula is C21H26N2O3. The third kappa shape index (κ3) is 3.16. The van der Waals surface area contributed by atoms with Crippen LogP contribution in [0.25, 0.3) is 0 Å². The lowest BCUT2D eigenvalue weighted by atomic mass is 9.80. The molecule has 2 aliphatic heterocycles. The average molecular weight is 354 g/mol. The predicted molar refractivity (Wildman–Crippen MR) is 99.6 cm³/mol. The standard InChI is InChI=1S/C21H26N2O3/c1-15-6-8-16(9-7-15)23-20(24)14-18(21(23)25)17-4-2-3-5-19(17)22-10-12-26-13-11-22/h5-9,17-18H,2-4,10-14H2,1H3/t17-,18-/m0/s1. The van der Waals surface area contributed by atoms with Crippen LogP contribution in [-0.4, -0.2) is 43.0 Å². The summed E-state index contributed by atoms with van der Waals surface area (Å²) in [6, 6.07) is 7.63. The van der Waals surface area contributed by atoms with Crippen molar-refractivity contribution in [3.8, 4) is 0 Å². The highest BCUT2D eigenvalue weighted by molar-refractivity contribution is 6.21. The molecule has 1 aromatic carbocycles. The summed E-state index contributed by atoms with van der Waals surface area (Å²) in [5.74, 6) is -0.201. The predicted octanol–water partition coefficient (Wildman–Crippen LogP) is 2.89. The van der Waals surface area contributed by atoms with Gasteiger partial charge >= 0.3 is 0 Å². The van der Waals surface area contributed by atoms with E-state index in [1.807, 2.05) is 31.2 Å². The number of morpholine rings is 1. The highest BCUT2D eigenvalue weighted by Crippen LogP contribution is 2.40. The molecule has 3 aliphatic rings. The Morgan fingerprint density at radius 3 is 2.50 bits per heavy atom.